The maximum absolute atomic E-state index is 6.16. The minimum atomic E-state index is -0.0637. The molecule has 1 nitrogen and oxygen atoms in total. The number of hydrogen-bond acceptors (Lipinski definition) is 2. The average Bonchev–Trinajstić information content (AvgIpc) is 2.69. The van der Waals surface area contributed by atoms with Crippen LogP contribution in [-0.4, -0.2) is 0 Å². The summed E-state index contributed by atoms with van der Waals surface area (Å²) in [4.78, 5) is 1.08. The van der Waals surface area contributed by atoms with E-state index in [9.17, 15) is 0 Å². The molecule has 0 amide bonds. The molecule has 1 aromatic heterocycles. The maximum atomic E-state index is 6.16. The normalized spacial score (nSPS) is 12.7. The number of nitrogens with two attached hydrogens (primary N) is 1. The van der Waals surface area contributed by atoms with Crippen LogP contribution in [0.15, 0.2) is 34.8 Å². The fourth-order valence-electron chi connectivity index (χ4n) is 1.55. The van der Waals surface area contributed by atoms with Crippen LogP contribution in [0.25, 0.3) is 0 Å². The lowest BCUT2D eigenvalue weighted by Crippen LogP contribution is -2.11. The van der Waals surface area contributed by atoms with E-state index >= 15 is 0 Å². The number of benzene rings is 1. The van der Waals surface area contributed by atoms with Gasteiger partial charge in [0.2, 0.25) is 0 Å². The molecule has 0 bridgehead atoms. The topological polar surface area (TPSA) is 26.0 Å². The van der Waals surface area contributed by atoms with Crippen LogP contribution in [0.3, 0.4) is 0 Å². The summed E-state index contributed by atoms with van der Waals surface area (Å²) in [6.07, 6.45) is 0.711. The highest BCUT2D eigenvalue weighted by molar-refractivity contribution is 9.10. The van der Waals surface area contributed by atoms with Gasteiger partial charge in [0.1, 0.15) is 0 Å². The van der Waals surface area contributed by atoms with Gasteiger partial charge in [-0.25, -0.2) is 0 Å². The monoisotopic (exact) mass is 349 g/mol. The van der Waals surface area contributed by atoms with Gasteiger partial charge in [0.15, 0.2) is 0 Å². The zero-order chi connectivity index (χ0) is 12.4. The van der Waals surface area contributed by atoms with E-state index in [1.807, 2.05) is 30.3 Å². The first-order chi connectivity index (χ1) is 8.06. The Hall–Kier alpha value is -0.0600. The Balaban J connectivity index is 2.15. The zero-order valence-electron chi connectivity index (χ0n) is 8.79. The van der Waals surface area contributed by atoms with Crippen LogP contribution < -0.4 is 5.73 Å². The highest BCUT2D eigenvalue weighted by Gasteiger charge is 2.11. The molecule has 5 heteroatoms. The van der Waals surface area contributed by atoms with E-state index < -0.39 is 0 Å². The van der Waals surface area contributed by atoms with Crippen molar-refractivity contribution in [1.82, 2.24) is 0 Å². The first-order valence-electron chi connectivity index (χ1n) is 5.01. The molecule has 0 radical (unpaired) electrons. The number of thiophene rings is 1. The van der Waals surface area contributed by atoms with Crippen molar-refractivity contribution >= 4 is 50.5 Å². The molecule has 2 N–H and O–H groups in total. The molecule has 0 saturated heterocycles. The smallest absolute Gasteiger partial charge is 0.0931 e. The second kappa shape index (κ2) is 5.72. The molecular weight excluding hydrogens is 341 g/mol. The summed E-state index contributed by atoms with van der Waals surface area (Å²) < 4.78 is 1.73. The number of hydrogen-bond donors (Lipinski definition) is 1. The predicted molar refractivity (Wildman–Crippen MR) is 79.1 cm³/mol. The van der Waals surface area contributed by atoms with Crippen LogP contribution in [0.4, 0.5) is 0 Å². The summed E-state index contributed by atoms with van der Waals surface area (Å²) in [7, 11) is 0. The summed E-state index contributed by atoms with van der Waals surface area (Å²) in [5, 5.41) is 0.734. The standard InChI is InChI=1S/C12H10BrCl2NS/c13-8-2-1-7(9(14)6-8)5-10(16)11-3-4-12(15)17-11/h1-4,6,10H,5,16H2. The lowest BCUT2D eigenvalue weighted by Gasteiger charge is -2.11. The third-order valence-corrected chi connectivity index (χ3v) is 4.62. The summed E-state index contributed by atoms with van der Waals surface area (Å²) in [5.74, 6) is 0. The molecule has 2 aromatic rings. The van der Waals surface area contributed by atoms with E-state index in [2.05, 4.69) is 15.9 Å². The number of halogens is 3. The second-order valence-corrected chi connectivity index (χ2v) is 6.76. The Bertz CT molecular complexity index is 527. The van der Waals surface area contributed by atoms with Crippen molar-refractivity contribution in [3.63, 3.8) is 0 Å². The highest BCUT2D eigenvalue weighted by Crippen LogP contribution is 2.30. The van der Waals surface area contributed by atoms with Gasteiger partial charge < -0.3 is 5.73 Å². The Morgan fingerprint density at radius 1 is 1.24 bits per heavy atom. The third-order valence-electron chi connectivity index (χ3n) is 2.41. The summed E-state index contributed by atoms with van der Waals surface area (Å²) >= 11 is 16.9. The fourth-order valence-corrected chi connectivity index (χ4v) is 3.37. The van der Waals surface area contributed by atoms with E-state index in [0.29, 0.717) is 6.42 Å². The predicted octanol–water partition coefficient (Wildman–Crippen LogP) is 5.06. The molecule has 0 aliphatic heterocycles. The molecule has 1 heterocycles. The highest BCUT2D eigenvalue weighted by atomic mass is 79.9. The fraction of sp³-hybridized carbons (Fsp3) is 0.167. The first kappa shape index (κ1) is 13.4. The van der Waals surface area contributed by atoms with Gasteiger partial charge in [0.05, 0.1) is 4.34 Å². The molecule has 0 aliphatic rings. The van der Waals surface area contributed by atoms with Gasteiger partial charge in [-0.1, -0.05) is 45.2 Å². The van der Waals surface area contributed by atoms with Crippen LogP contribution in [0.1, 0.15) is 16.5 Å². The Morgan fingerprint density at radius 2 is 2.00 bits per heavy atom. The lowest BCUT2D eigenvalue weighted by atomic mass is 10.1. The van der Waals surface area contributed by atoms with E-state index in [0.717, 1.165) is 24.3 Å². The molecule has 90 valence electrons. The molecule has 0 saturated carbocycles. The van der Waals surface area contributed by atoms with Crippen molar-refractivity contribution in [2.45, 2.75) is 12.5 Å². The molecule has 1 atom stereocenters. The SMILES string of the molecule is NC(Cc1ccc(Br)cc1Cl)c1ccc(Cl)s1. The maximum Gasteiger partial charge on any atom is 0.0931 e. The summed E-state index contributed by atoms with van der Waals surface area (Å²) in [6, 6.07) is 9.60. The molecule has 2 rings (SSSR count). The van der Waals surface area contributed by atoms with E-state index in [4.69, 9.17) is 28.9 Å². The van der Waals surface area contributed by atoms with Crippen LogP contribution in [-0.2, 0) is 6.42 Å². The Kier molecular flexibility index (Phi) is 4.50. The van der Waals surface area contributed by atoms with Crippen LogP contribution in [0.5, 0.6) is 0 Å². The molecule has 0 fully saturated rings. The van der Waals surface area contributed by atoms with E-state index in [-0.39, 0.29) is 6.04 Å². The first-order valence-corrected chi connectivity index (χ1v) is 7.37. The molecule has 0 spiro atoms. The van der Waals surface area contributed by atoms with Crippen molar-refractivity contribution in [3.8, 4) is 0 Å². The van der Waals surface area contributed by atoms with E-state index in [1.54, 1.807) is 0 Å². The Morgan fingerprint density at radius 3 is 2.59 bits per heavy atom. The van der Waals surface area contributed by atoms with Crippen LogP contribution in [0.2, 0.25) is 9.36 Å². The Labute approximate surface area is 123 Å². The summed E-state index contributed by atoms with van der Waals surface area (Å²) in [6.45, 7) is 0. The summed E-state index contributed by atoms with van der Waals surface area (Å²) in [5.41, 5.74) is 7.18. The van der Waals surface area contributed by atoms with Crippen LogP contribution >= 0.6 is 50.5 Å². The van der Waals surface area contributed by atoms with Crippen molar-refractivity contribution in [2.75, 3.05) is 0 Å². The van der Waals surface area contributed by atoms with Gasteiger partial charge in [-0.15, -0.1) is 11.3 Å². The van der Waals surface area contributed by atoms with E-state index in [1.165, 1.54) is 11.3 Å². The van der Waals surface area contributed by atoms with Crippen LogP contribution in [0, 0.1) is 0 Å². The molecule has 1 aromatic carbocycles. The van der Waals surface area contributed by atoms with Gasteiger partial charge in [-0.3, -0.25) is 0 Å². The lowest BCUT2D eigenvalue weighted by molar-refractivity contribution is 0.736. The van der Waals surface area contributed by atoms with Crippen molar-refractivity contribution in [1.29, 1.82) is 0 Å². The molecular formula is C12H10BrCl2NS. The van der Waals surface area contributed by atoms with Gasteiger partial charge >= 0.3 is 0 Å². The van der Waals surface area contributed by atoms with Gasteiger partial charge in [-0.2, -0.15) is 0 Å². The molecule has 0 aliphatic carbocycles. The minimum Gasteiger partial charge on any atom is -0.323 e. The van der Waals surface area contributed by atoms with Gasteiger partial charge in [-0.05, 0) is 36.2 Å². The van der Waals surface area contributed by atoms with Crippen molar-refractivity contribution in [2.24, 2.45) is 5.73 Å². The molecule has 17 heavy (non-hydrogen) atoms. The molecule has 1 unspecified atom stereocenters. The second-order valence-electron chi connectivity index (χ2n) is 3.69. The van der Waals surface area contributed by atoms with Gasteiger partial charge in [0.25, 0.3) is 0 Å². The average molecular weight is 351 g/mol. The minimum absolute atomic E-state index is 0.0637. The van der Waals surface area contributed by atoms with Gasteiger partial charge in [0, 0.05) is 20.4 Å². The quantitative estimate of drug-likeness (QED) is 0.822. The van der Waals surface area contributed by atoms with Crippen molar-refractivity contribution in [3.05, 3.63) is 54.6 Å². The zero-order valence-corrected chi connectivity index (χ0v) is 12.7. The third kappa shape index (κ3) is 3.46. The van der Waals surface area contributed by atoms with Crippen molar-refractivity contribution < 1.29 is 0 Å². The number of rotatable bonds is 3. The largest absolute Gasteiger partial charge is 0.323 e.